The van der Waals surface area contributed by atoms with E-state index in [0.29, 0.717) is 71.5 Å². The van der Waals surface area contributed by atoms with Gasteiger partial charge >= 0.3 is 0 Å². The van der Waals surface area contributed by atoms with Crippen molar-refractivity contribution in [3.8, 4) is 0 Å². The number of carbonyl (C=O) groups excluding carboxylic acids is 4. The topological polar surface area (TPSA) is 128 Å². The van der Waals surface area contributed by atoms with E-state index in [4.69, 9.17) is 4.74 Å². The Hall–Kier alpha value is -4.25. The number of fused-ring (bicyclic) bond motifs is 5. The van der Waals surface area contributed by atoms with Gasteiger partial charge in [0.25, 0.3) is 0 Å². The van der Waals surface area contributed by atoms with Crippen LogP contribution in [0.25, 0.3) is 10.9 Å². The molecule has 0 aliphatic carbocycles. The van der Waals surface area contributed by atoms with Crippen LogP contribution in [-0.4, -0.2) is 102 Å². The lowest BCUT2D eigenvalue weighted by Crippen LogP contribution is -2.65. The summed E-state index contributed by atoms with van der Waals surface area (Å²) in [7, 11) is 3.52. The van der Waals surface area contributed by atoms with Gasteiger partial charge in [-0.05, 0) is 55.5 Å². The number of rotatable bonds is 9. The fraction of sp³-hybridized carbons (Fsp3) is 0.514. The Labute approximate surface area is 269 Å². The first-order valence-corrected chi connectivity index (χ1v) is 16.4. The summed E-state index contributed by atoms with van der Waals surface area (Å²) >= 11 is 0. The Morgan fingerprint density at radius 1 is 1.11 bits per heavy atom. The van der Waals surface area contributed by atoms with Crippen LogP contribution in [0, 0.1) is 11.8 Å². The smallest absolute Gasteiger partial charge is 0.228 e. The van der Waals surface area contributed by atoms with Crippen LogP contribution >= 0.6 is 0 Å². The molecule has 0 bridgehead atoms. The zero-order valence-corrected chi connectivity index (χ0v) is 27.0. The van der Waals surface area contributed by atoms with Crippen molar-refractivity contribution < 1.29 is 23.9 Å². The largest absolute Gasteiger partial charge is 0.378 e. The van der Waals surface area contributed by atoms with Crippen molar-refractivity contribution in [2.75, 3.05) is 53.5 Å². The predicted molar refractivity (Wildman–Crippen MR) is 173 cm³/mol. The van der Waals surface area contributed by atoms with Crippen LogP contribution in [0.4, 0.5) is 0 Å². The average Bonchev–Trinajstić information content (AvgIpc) is 3.44. The number of aromatic nitrogens is 2. The molecular formula is C35H44N6O5. The third-order valence-corrected chi connectivity index (χ3v) is 10.0. The second-order valence-electron chi connectivity index (χ2n) is 13.1. The maximum Gasteiger partial charge on any atom is 0.228 e. The number of aryl methyl sites for hydroxylation is 1. The number of morpholine rings is 1. The van der Waals surface area contributed by atoms with Crippen molar-refractivity contribution in [3.05, 3.63) is 65.1 Å². The van der Waals surface area contributed by atoms with Gasteiger partial charge in [0, 0.05) is 93.9 Å². The molecule has 0 unspecified atom stereocenters. The van der Waals surface area contributed by atoms with Crippen molar-refractivity contribution in [3.63, 3.8) is 0 Å². The van der Waals surface area contributed by atoms with Gasteiger partial charge in [0.1, 0.15) is 0 Å². The number of hydrogen-bond donors (Lipinski definition) is 2. The summed E-state index contributed by atoms with van der Waals surface area (Å²) in [4.78, 5) is 67.1. The van der Waals surface area contributed by atoms with E-state index in [-0.39, 0.29) is 30.0 Å². The summed E-state index contributed by atoms with van der Waals surface area (Å²) in [6.45, 7) is 4.89. The lowest BCUT2D eigenvalue weighted by Gasteiger charge is -2.54. The fourth-order valence-corrected chi connectivity index (χ4v) is 7.44. The van der Waals surface area contributed by atoms with Crippen molar-refractivity contribution in [1.29, 1.82) is 0 Å². The summed E-state index contributed by atoms with van der Waals surface area (Å²) in [5.74, 6) is -1.32. The third-order valence-electron chi connectivity index (χ3n) is 10.0. The number of pyridine rings is 1. The Balaban J connectivity index is 1.27. The molecule has 2 aromatic heterocycles. The molecule has 11 heteroatoms. The molecule has 0 radical (unpaired) electrons. The Bertz CT molecular complexity index is 1610. The normalized spacial score (nSPS) is 22.7. The maximum absolute atomic E-state index is 14.3. The Kier molecular flexibility index (Phi) is 9.13. The Morgan fingerprint density at radius 3 is 2.65 bits per heavy atom. The lowest BCUT2D eigenvalue weighted by molar-refractivity contribution is -0.166. The van der Waals surface area contributed by atoms with Crippen LogP contribution < -0.4 is 5.32 Å². The van der Waals surface area contributed by atoms with E-state index in [0.717, 1.165) is 33.4 Å². The summed E-state index contributed by atoms with van der Waals surface area (Å²) in [5, 5.41) is 4.04. The van der Waals surface area contributed by atoms with Crippen LogP contribution in [0.15, 0.2) is 42.6 Å². The minimum atomic E-state index is -0.897. The van der Waals surface area contributed by atoms with Crippen LogP contribution in [0.1, 0.15) is 48.7 Å². The fourth-order valence-electron chi connectivity index (χ4n) is 7.44. The molecule has 0 saturated carbocycles. The van der Waals surface area contributed by atoms with Gasteiger partial charge in [0.15, 0.2) is 0 Å². The van der Waals surface area contributed by atoms with Gasteiger partial charge in [-0.25, -0.2) is 0 Å². The third kappa shape index (κ3) is 6.12. The number of amides is 4. The number of nitrogens with one attached hydrogen (secondary N) is 2. The number of ether oxygens (including phenoxy) is 1. The first kappa shape index (κ1) is 31.7. The molecule has 2 saturated heterocycles. The summed E-state index contributed by atoms with van der Waals surface area (Å²) < 4.78 is 5.54. The van der Waals surface area contributed by atoms with E-state index in [2.05, 4.69) is 33.5 Å². The minimum Gasteiger partial charge on any atom is -0.378 e. The van der Waals surface area contributed by atoms with Crippen molar-refractivity contribution in [1.82, 2.24) is 30.0 Å². The molecule has 3 aromatic rings. The molecule has 4 amide bonds. The summed E-state index contributed by atoms with van der Waals surface area (Å²) in [6, 6.07) is 11.9. The number of benzene rings is 1. The van der Waals surface area contributed by atoms with E-state index in [1.54, 1.807) is 25.2 Å². The molecule has 11 nitrogen and oxygen atoms in total. The first-order valence-electron chi connectivity index (χ1n) is 16.4. The number of carbonyl (C=O) groups is 4. The lowest BCUT2D eigenvalue weighted by atomic mass is 9.67. The van der Waals surface area contributed by atoms with Crippen molar-refractivity contribution in [2.24, 2.45) is 11.8 Å². The number of aromatic amines is 1. The maximum atomic E-state index is 14.3. The molecule has 244 valence electrons. The number of nitrogens with zero attached hydrogens (tertiary/aromatic N) is 4. The van der Waals surface area contributed by atoms with E-state index >= 15 is 0 Å². The zero-order chi connectivity index (χ0) is 32.4. The standard InChI is InChI=1S/C35H44N6O5/c1-35-28(34(45)40-16-18-46-19-17-40)21-24(22-30(42)37-14-11-25-6-4-5-13-36-25)33(44)41(35)15-12-27-26-9-7-23(8-10-31(43)39(2)3)20-29(26)38-32(27)35/h4-7,9,13,20,24,28,38H,8,10-12,14-19,21-22H2,1-3H3,(H,37,42)/t24-,28-,35+/m1/s1. The second-order valence-corrected chi connectivity index (χ2v) is 13.1. The van der Waals surface area contributed by atoms with E-state index in [1.807, 2.05) is 34.9 Å². The molecule has 6 rings (SSSR count). The first-order chi connectivity index (χ1) is 22.2. The SMILES string of the molecule is CN(C)C(=O)CCc1ccc2c3c([nH]c2c1)[C@]1(C)[C@@H](C(=O)N2CCOCC2)C[C@H](CC(=O)NCCc2ccccn2)C(=O)N1CC3. The molecule has 2 N–H and O–H groups in total. The number of H-pyrrole nitrogens is 1. The quantitative estimate of drug-likeness (QED) is 0.375. The molecule has 5 heterocycles. The molecule has 2 fully saturated rings. The van der Waals surface area contributed by atoms with Crippen molar-refractivity contribution >= 4 is 34.5 Å². The van der Waals surface area contributed by atoms with E-state index in [9.17, 15) is 19.2 Å². The summed E-state index contributed by atoms with van der Waals surface area (Å²) in [5.41, 5.74) is 4.02. The zero-order valence-electron chi connectivity index (χ0n) is 27.0. The van der Waals surface area contributed by atoms with Crippen LogP contribution in [0.3, 0.4) is 0 Å². The predicted octanol–water partition coefficient (Wildman–Crippen LogP) is 2.43. The number of piperidine rings is 1. The molecule has 0 spiro atoms. The highest BCUT2D eigenvalue weighted by atomic mass is 16.5. The molecule has 1 aromatic carbocycles. The highest BCUT2D eigenvalue weighted by molar-refractivity contribution is 5.93. The monoisotopic (exact) mass is 628 g/mol. The van der Waals surface area contributed by atoms with Gasteiger partial charge in [-0.2, -0.15) is 0 Å². The average molecular weight is 629 g/mol. The Morgan fingerprint density at radius 2 is 1.91 bits per heavy atom. The van der Waals surface area contributed by atoms with Crippen LogP contribution in [0.2, 0.25) is 0 Å². The van der Waals surface area contributed by atoms with Gasteiger partial charge in [-0.3, -0.25) is 24.2 Å². The molecule has 3 aliphatic rings. The minimum absolute atomic E-state index is 0.00162. The van der Waals surface area contributed by atoms with Gasteiger partial charge in [-0.15, -0.1) is 0 Å². The number of hydrogen-bond acceptors (Lipinski definition) is 6. The highest BCUT2D eigenvalue weighted by Gasteiger charge is 2.57. The molecular weight excluding hydrogens is 584 g/mol. The second kappa shape index (κ2) is 13.2. The van der Waals surface area contributed by atoms with E-state index in [1.165, 1.54) is 0 Å². The van der Waals surface area contributed by atoms with Crippen LogP contribution in [0.5, 0.6) is 0 Å². The van der Waals surface area contributed by atoms with Crippen molar-refractivity contribution in [2.45, 2.75) is 51.0 Å². The molecule has 46 heavy (non-hydrogen) atoms. The molecule has 3 atom stereocenters. The summed E-state index contributed by atoms with van der Waals surface area (Å²) in [6.07, 6.45) is 4.36. The van der Waals surface area contributed by atoms with Crippen LogP contribution in [-0.2, 0) is 48.7 Å². The van der Waals surface area contributed by atoms with Gasteiger partial charge in [0.05, 0.1) is 24.7 Å². The molecule has 3 aliphatic heterocycles. The van der Waals surface area contributed by atoms with Gasteiger partial charge in [-0.1, -0.05) is 18.2 Å². The highest BCUT2D eigenvalue weighted by Crippen LogP contribution is 2.50. The van der Waals surface area contributed by atoms with Gasteiger partial charge in [0.2, 0.25) is 23.6 Å². The van der Waals surface area contributed by atoms with E-state index < -0.39 is 17.4 Å². The van der Waals surface area contributed by atoms with Gasteiger partial charge < -0.3 is 29.7 Å².